The predicted octanol–water partition coefficient (Wildman–Crippen LogP) is 13.0. The lowest BCUT2D eigenvalue weighted by molar-refractivity contribution is 0.486. The topological polar surface area (TPSA) is 12.9 Å². The Morgan fingerprint density at radius 1 is 0.680 bits per heavy atom. The number of nitrogens with zero attached hydrogens (tertiary/aromatic N) is 1. The molecule has 0 fully saturated rings. The van der Waals surface area contributed by atoms with Gasteiger partial charge in [-0.1, -0.05) is 184 Å². The summed E-state index contributed by atoms with van der Waals surface area (Å²) in [6, 6.07) is 50.3. The van der Waals surface area contributed by atoms with Crippen molar-refractivity contribution in [2.24, 2.45) is 0 Å². The van der Waals surface area contributed by atoms with E-state index in [1.165, 1.54) is 44.5 Å². The third kappa shape index (κ3) is 5.69. The fourth-order valence-electron chi connectivity index (χ4n) is 7.88. The van der Waals surface area contributed by atoms with Crippen molar-refractivity contribution >= 4 is 5.57 Å². The Morgan fingerprint density at radius 2 is 1.34 bits per heavy atom. The normalized spacial score (nSPS) is 19.2. The number of pyridine rings is 1. The molecule has 50 heavy (non-hydrogen) atoms. The van der Waals surface area contributed by atoms with Crippen molar-refractivity contribution in [3.63, 3.8) is 0 Å². The van der Waals surface area contributed by atoms with Crippen LogP contribution in [0.15, 0.2) is 183 Å². The van der Waals surface area contributed by atoms with Crippen LogP contribution >= 0.6 is 0 Å². The van der Waals surface area contributed by atoms with E-state index in [2.05, 4.69) is 196 Å². The smallest absolute Gasteiger partial charge is 0.0711 e. The molecule has 8 rings (SSSR count). The molecule has 3 unspecified atom stereocenters. The number of aromatic nitrogens is 1. The van der Waals surface area contributed by atoms with Crippen molar-refractivity contribution in [3.8, 4) is 44.6 Å². The Kier molecular flexibility index (Phi) is 8.34. The third-order valence-electron chi connectivity index (χ3n) is 10.8. The van der Waals surface area contributed by atoms with E-state index in [0.717, 1.165) is 34.5 Å². The fourth-order valence-corrected chi connectivity index (χ4v) is 7.88. The molecule has 0 aliphatic heterocycles. The molecule has 0 spiro atoms. The van der Waals surface area contributed by atoms with Gasteiger partial charge in [-0.25, -0.2) is 0 Å². The molecule has 0 bridgehead atoms. The third-order valence-corrected chi connectivity index (χ3v) is 10.8. The van der Waals surface area contributed by atoms with Crippen LogP contribution in [-0.4, -0.2) is 4.98 Å². The number of allylic oxidation sites excluding steroid dienone is 7. The first-order valence-corrected chi connectivity index (χ1v) is 17.7. The molecular weight excluding hydrogens is 603 g/mol. The molecule has 1 heteroatoms. The van der Waals surface area contributed by atoms with Gasteiger partial charge >= 0.3 is 0 Å². The maximum atomic E-state index is 5.20. The standard InChI is InChI=1S/C49H41N/c1-34(30-31-49(3)35(2)40-23-11-14-26-43(40)45-28-16-17-29-46(45)49)39-22-10-13-25-42(39)44-27-15-12-24-41(44)38-32-47(36-18-6-4-7-19-36)50-48(33-38)37-20-8-5-9-21-37/h4-20,22-33,35,37H,1,21H2,2-3H3/b31-30-. The maximum absolute atomic E-state index is 5.20. The fraction of sp³-hybridized carbons (Fsp3) is 0.122. The van der Waals surface area contributed by atoms with Crippen molar-refractivity contribution in [2.75, 3.05) is 0 Å². The van der Waals surface area contributed by atoms with Gasteiger partial charge in [0.25, 0.3) is 0 Å². The van der Waals surface area contributed by atoms with Gasteiger partial charge < -0.3 is 0 Å². The predicted molar refractivity (Wildman–Crippen MR) is 212 cm³/mol. The lowest BCUT2D eigenvalue weighted by Gasteiger charge is -2.41. The van der Waals surface area contributed by atoms with E-state index in [1.54, 1.807) is 0 Å². The molecule has 1 aromatic heterocycles. The largest absolute Gasteiger partial charge is 0.252 e. The molecule has 0 saturated heterocycles. The Labute approximate surface area is 296 Å². The molecule has 1 nitrogen and oxygen atoms in total. The van der Waals surface area contributed by atoms with Crippen LogP contribution in [0.3, 0.4) is 0 Å². The number of hydrogen-bond donors (Lipinski definition) is 0. The lowest BCUT2D eigenvalue weighted by Crippen LogP contribution is -2.30. The van der Waals surface area contributed by atoms with Crippen molar-refractivity contribution in [1.29, 1.82) is 0 Å². The highest BCUT2D eigenvalue weighted by molar-refractivity contribution is 5.92. The first kappa shape index (κ1) is 31.5. The van der Waals surface area contributed by atoms with Crippen LogP contribution in [-0.2, 0) is 5.41 Å². The zero-order valence-corrected chi connectivity index (χ0v) is 28.8. The highest BCUT2D eigenvalue weighted by Crippen LogP contribution is 2.51. The summed E-state index contributed by atoms with van der Waals surface area (Å²) in [5, 5.41) is 0. The summed E-state index contributed by atoms with van der Waals surface area (Å²) >= 11 is 0. The summed E-state index contributed by atoms with van der Waals surface area (Å²) in [7, 11) is 0. The minimum atomic E-state index is -0.190. The van der Waals surface area contributed by atoms with Gasteiger partial charge in [-0.3, -0.25) is 4.98 Å². The summed E-state index contributed by atoms with van der Waals surface area (Å²) in [5.74, 6) is 0.551. The van der Waals surface area contributed by atoms with Gasteiger partial charge in [0.2, 0.25) is 0 Å². The van der Waals surface area contributed by atoms with Gasteiger partial charge in [-0.15, -0.1) is 0 Å². The molecule has 3 atom stereocenters. The van der Waals surface area contributed by atoms with Gasteiger partial charge in [0.15, 0.2) is 0 Å². The van der Waals surface area contributed by atoms with Gasteiger partial charge in [0, 0.05) is 22.6 Å². The average molecular weight is 644 g/mol. The van der Waals surface area contributed by atoms with Crippen LogP contribution in [0.5, 0.6) is 0 Å². The second kappa shape index (κ2) is 13.3. The van der Waals surface area contributed by atoms with E-state index in [0.29, 0.717) is 5.92 Å². The Hall–Kier alpha value is -5.79. The summed E-state index contributed by atoms with van der Waals surface area (Å²) in [4.78, 5) is 5.20. The van der Waals surface area contributed by atoms with Gasteiger partial charge in [-0.05, 0) is 80.1 Å². The second-order valence-electron chi connectivity index (χ2n) is 13.8. The number of rotatable bonds is 7. The van der Waals surface area contributed by atoms with Gasteiger partial charge in [0.05, 0.1) is 5.69 Å². The van der Waals surface area contributed by atoms with E-state index in [9.17, 15) is 0 Å². The minimum Gasteiger partial charge on any atom is -0.252 e. The van der Waals surface area contributed by atoms with Crippen LogP contribution in [0.4, 0.5) is 0 Å². The van der Waals surface area contributed by atoms with Crippen molar-refractivity contribution in [1.82, 2.24) is 4.98 Å². The van der Waals surface area contributed by atoms with Crippen molar-refractivity contribution < 1.29 is 0 Å². The monoisotopic (exact) mass is 643 g/mol. The van der Waals surface area contributed by atoms with Crippen LogP contribution in [0.2, 0.25) is 0 Å². The molecule has 0 saturated carbocycles. The van der Waals surface area contributed by atoms with Crippen LogP contribution in [0, 0.1) is 0 Å². The minimum absolute atomic E-state index is 0.190. The molecule has 0 amide bonds. The van der Waals surface area contributed by atoms with Crippen LogP contribution in [0.1, 0.15) is 54.5 Å². The first-order valence-electron chi connectivity index (χ1n) is 17.7. The van der Waals surface area contributed by atoms with E-state index in [4.69, 9.17) is 4.98 Å². The molecular formula is C49H41N. The van der Waals surface area contributed by atoms with E-state index in [-0.39, 0.29) is 11.3 Å². The van der Waals surface area contributed by atoms with E-state index in [1.807, 2.05) is 0 Å². The highest BCUT2D eigenvalue weighted by atomic mass is 14.7. The number of benzene rings is 5. The molecule has 6 aromatic rings. The average Bonchev–Trinajstić information content (AvgIpc) is 3.19. The zero-order valence-electron chi connectivity index (χ0n) is 28.8. The number of fused-ring (bicyclic) bond motifs is 3. The quantitative estimate of drug-likeness (QED) is 0.158. The Bertz CT molecular complexity index is 2300. The Balaban J connectivity index is 1.20. The summed E-state index contributed by atoms with van der Waals surface area (Å²) in [5.41, 5.74) is 15.3. The lowest BCUT2D eigenvalue weighted by atomic mass is 9.62. The molecule has 1 heterocycles. The van der Waals surface area contributed by atoms with Crippen molar-refractivity contribution in [2.45, 2.75) is 37.5 Å². The molecule has 242 valence electrons. The van der Waals surface area contributed by atoms with Crippen molar-refractivity contribution in [3.05, 3.63) is 205 Å². The maximum Gasteiger partial charge on any atom is 0.0711 e. The molecule has 0 N–H and O–H groups in total. The van der Waals surface area contributed by atoms with Crippen LogP contribution in [0.25, 0.3) is 50.2 Å². The summed E-state index contributed by atoms with van der Waals surface area (Å²) in [6.45, 7) is 9.41. The van der Waals surface area contributed by atoms with Crippen LogP contribution < -0.4 is 0 Å². The Morgan fingerprint density at radius 3 is 2.12 bits per heavy atom. The first-order chi connectivity index (χ1) is 24.5. The molecule has 2 aliphatic rings. The SMILES string of the molecule is C=C(/C=C\C1(C)c2ccccc2-c2ccccc2C1C)c1ccccc1-c1ccccc1-c1cc(-c2ccccc2)nc(C2C=CC=CC2)c1. The van der Waals surface area contributed by atoms with E-state index >= 15 is 0 Å². The van der Waals surface area contributed by atoms with Gasteiger partial charge in [-0.2, -0.15) is 0 Å². The molecule has 2 aliphatic carbocycles. The second-order valence-corrected chi connectivity index (χ2v) is 13.8. The molecule has 5 aromatic carbocycles. The number of hydrogen-bond acceptors (Lipinski definition) is 1. The summed E-state index contributed by atoms with van der Waals surface area (Å²) < 4.78 is 0. The molecule has 0 radical (unpaired) electrons. The zero-order chi connectivity index (χ0) is 34.1. The van der Waals surface area contributed by atoms with Gasteiger partial charge in [0.1, 0.15) is 0 Å². The van der Waals surface area contributed by atoms with E-state index < -0.39 is 0 Å². The highest BCUT2D eigenvalue weighted by Gasteiger charge is 2.38. The summed E-state index contributed by atoms with van der Waals surface area (Å²) in [6.07, 6.45) is 14.4.